The maximum atomic E-state index is 8.93. The van der Waals surface area contributed by atoms with E-state index in [4.69, 9.17) is 10.8 Å². The van der Waals surface area contributed by atoms with Gasteiger partial charge in [-0.05, 0) is 12.1 Å². The topological polar surface area (TPSA) is 89.9 Å². The van der Waals surface area contributed by atoms with E-state index in [0.29, 0.717) is 12.4 Å². The lowest BCUT2D eigenvalue weighted by Crippen LogP contribution is -2.07. The van der Waals surface area contributed by atoms with Crippen LogP contribution in [0.3, 0.4) is 0 Å². The molecule has 0 aliphatic rings. The number of nitrogen functional groups attached to an aromatic ring is 1. The SMILES string of the molecule is Nc1cc(-c2ccc3nccnc3c2)nn1CCO. The molecule has 2 heterocycles. The quantitative estimate of drug-likeness (QED) is 0.730. The predicted molar refractivity (Wildman–Crippen MR) is 72.3 cm³/mol. The van der Waals surface area contributed by atoms with Crippen molar-refractivity contribution >= 4 is 16.9 Å². The van der Waals surface area contributed by atoms with Gasteiger partial charge in [-0.2, -0.15) is 5.10 Å². The first-order valence-electron chi connectivity index (χ1n) is 5.93. The highest BCUT2D eigenvalue weighted by molar-refractivity contribution is 5.80. The number of aliphatic hydroxyl groups is 1. The van der Waals surface area contributed by atoms with Gasteiger partial charge in [-0.1, -0.05) is 6.07 Å². The molecular formula is C13H13N5O. The Morgan fingerprint density at radius 2 is 1.89 bits per heavy atom. The number of nitrogens with zero attached hydrogens (tertiary/aromatic N) is 4. The van der Waals surface area contributed by atoms with E-state index in [1.807, 2.05) is 18.2 Å². The van der Waals surface area contributed by atoms with Crippen LogP contribution in [0.4, 0.5) is 5.82 Å². The van der Waals surface area contributed by atoms with Crippen LogP contribution >= 0.6 is 0 Å². The molecule has 0 amide bonds. The van der Waals surface area contributed by atoms with Crippen LogP contribution in [0.15, 0.2) is 36.7 Å². The fourth-order valence-electron chi connectivity index (χ4n) is 1.97. The number of fused-ring (bicyclic) bond motifs is 1. The molecule has 3 aromatic rings. The number of aromatic nitrogens is 4. The van der Waals surface area contributed by atoms with Gasteiger partial charge < -0.3 is 10.8 Å². The van der Waals surface area contributed by atoms with Crippen molar-refractivity contribution in [2.75, 3.05) is 12.3 Å². The normalized spacial score (nSPS) is 11.0. The molecule has 2 aromatic heterocycles. The van der Waals surface area contributed by atoms with E-state index in [2.05, 4.69) is 15.1 Å². The van der Waals surface area contributed by atoms with Gasteiger partial charge in [0.2, 0.25) is 0 Å². The highest BCUT2D eigenvalue weighted by atomic mass is 16.3. The van der Waals surface area contributed by atoms with Gasteiger partial charge in [0.05, 0.1) is 29.9 Å². The van der Waals surface area contributed by atoms with Crippen molar-refractivity contribution in [3.63, 3.8) is 0 Å². The molecule has 0 fully saturated rings. The van der Waals surface area contributed by atoms with E-state index in [0.717, 1.165) is 22.3 Å². The minimum absolute atomic E-state index is 0.00845. The Morgan fingerprint density at radius 3 is 2.68 bits per heavy atom. The maximum Gasteiger partial charge on any atom is 0.122 e. The Morgan fingerprint density at radius 1 is 1.11 bits per heavy atom. The predicted octanol–water partition coefficient (Wildman–Crippen LogP) is 1.07. The molecule has 19 heavy (non-hydrogen) atoms. The number of hydrogen-bond acceptors (Lipinski definition) is 5. The minimum Gasteiger partial charge on any atom is -0.394 e. The van der Waals surface area contributed by atoms with Crippen LogP contribution in [0.1, 0.15) is 0 Å². The first-order valence-corrected chi connectivity index (χ1v) is 5.93. The molecule has 0 atom stereocenters. The second-order valence-electron chi connectivity index (χ2n) is 4.16. The molecule has 0 bridgehead atoms. The molecule has 0 unspecified atom stereocenters. The summed E-state index contributed by atoms with van der Waals surface area (Å²) >= 11 is 0. The average molecular weight is 255 g/mol. The largest absolute Gasteiger partial charge is 0.394 e. The number of nitrogens with two attached hydrogens (primary N) is 1. The van der Waals surface area contributed by atoms with Gasteiger partial charge in [0, 0.05) is 24.0 Å². The molecule has 3 N–H and O–H groups in total. The van der Waals surface area contributed by atoms with Crippen LogP contribution in [-0.4, -0.2) is 31.5 Å². The Bertz CT molecular complexity index is 722. The molecule has 3 rings (SSSR count). The van der Waals surface area contributed by atoms with Gasteiger partial charge in [0.1, 0.15) is 5.82 Å². The third-order valence-electron chi connectivity index (χ3n) is 2.89. The van der Waals surface area contributed by atoms with Crippen LogP contribution in [0.5, 0.6) is 0 Å². The van der Waals surface area contributed by atoms with Crippen molar-refractivity contribution in [2.45, 2.75) is 6.54 Å². The molecule has 0 radical (unpaired) electrons. The summed E-state index contributed by atoms with van der Waals surface area (Å²) in [6, 6.07) is 7.54. The summed E-state index contributed by atoms with van der Waals surface area (Å²) in [7, 11) is 0. The van der Waals surface area contributed by atoms with Gasteiger partial charge in [-0.25, -0.2) is 4.68 Å². The third kappa shape index (κ3) is 2.13. The summed E-state index contributed by atoms with van der Waals surface area (Å²) < 4.78 is 1.58. The van der Waals surface area contributed by atoms with E-state index in [9.17, 15) is 0 Å². The first kappa shape index (κ1) is 11.6. The number of hydrogen-bond donors (Lipinski definition) is 2. The lowest BCUT2D eigenvalue weighted by atomic mass is 10.1. The maximum absolute atomic E-state index is 8.93. The van der Waals surface area contributed by atoms with Gasteiger partial charge in [-0.3, -0.25) is 9.97 Å². The standard InChI is InChI=1S/C13H13N5O/c14-13-8-11(17-18(13)5-6-19)9-1-2-10-12(7-9)16-4-3-15-10/h1-4,7-8,19H,5-6,14H2. The summed E-state index contributed by atoms with van der Waals surface area (Å²) in [6.07, 6.45) is 3.32. The first-order chi connectivity index (χ1) is 9.28. The fourth-order valence-corrected chi connectivity index (χ4v) is 1.97. The fraction of sp³-hybridized carbons (Fsp3) is 0.154. The molecule has 1 aromatic carbocycles. The van der Waals surface area contributed by atoms with Gasteiger partial charge in [0.15, 0.2) is 0 Å². The Balaban J connectivity index is 2.06. The van der Waals surface area contributed by atoms with Crippen LogP contribution in [0, 0.1) is 0 Å². The summed E-state index contributed by atoms with van der Waals surface area (Å²) in [6.45, 7) is 0.397. The molecule has 6 nitrogen and oxygen atoms in total. The van der Waals surface area contributed by atoms with Crippen LogP contribution < -0.4 is 5.73 Å². The Hall–Kier alpha value is -2.47. The Kier molecular flexibility index (Phi) is 2.85. The average Bonchev–Trinajstić information content (AvgIpc) is 2.80. The zero-order chi connectivity index (χ0) is 13.2. The highest BCUT2D eigenvalue weighted by Crippen LogP contribution is 2.23. The molecule has 0 aliphatic heterocycles. The van der Waals surface area contributed by atoms with Gasteiger partial charge in [-0.15, -0.1) is 0 Å². The Labute approximate surface area is 109 Å². The number of rotatable bonds is 3. The van der Waals surface area contributed by atoms with Gasteiger partial charge in [0.25, 0.3) is 0 Å². The lowest BCUT2D eigenvalue weighted by Gasteiger charge is -2.00. The smallest absolute Gasteiger partial charge is 0.122 e. The number of anilines is 1. The molecule has 0 aliphatic carbocycles. The third-order valence-corrected chi connectivity index (χ3v) is 2.89. The van der Waals surface area contributed by atoms with E-state index < -0.39 is 0 Å². The van der Waals surface area contributed by atoms with Crippen LogP contribution in [0.25, 0.3) is 22.3 Å². The summed E-state index contributed by atoms with van der Waals surface area (Å²) in [5.41, 5.74) is 9.19. The molecule has 0 saturated heterocycles. The lowest BCUT2D eigenvalue weighted by molar-refractivity contribution is 0.270. The van der Waals surface area contributed by atoms with Crippen molar-refractivity contribution in [1.82, 2.24) is 19.7 Å². The molecule has 6 heteroatoms. The molecule has 96 valence electrons. The van der Waals surface area contributed by atoms with Crippen molar-refractivity contribution in [3.05, 3.63) is 36.7 Å². The zero-order valence-electron chi connectivity index (χ0n) is 10.2. The second kappa shape index (κ2) is 4.66. The summed E-state index contributed by atoms with van der Waals surface area (Å²) in [5, 5.41) is 13.3. The van der Waals surface area contributed by atoms with Crippen LogP contribution in [0.2, 0.25) is 0 Å². The molecular weight excluding hydrogens is 242 g/mol. The van der Waals surface area contributed by atoms with Crippen molar-refractivity contribution in [2.24, 2.45) is 0 Å². The highest BCUT2D eigenvalue weighted by Gasteiger charge is 2.08. The van der Waals surface area contributed by atoms with Crippen molar-refractivity contribution in [1.29, 1.82) is 0 Å². The van der Waals surface area contributed by atoms with Crippen LogP contribution in [-0.2, 0) is 6.54 Å². The van der Waals surface area contributed by atoms with E-state index in [-0.39, 0.29) is 6.61 Å². The van der Waals surface area contributed by atoms with Gasteiger partial charge >= 0.3 is 0 Å². The summed E-state index contributed by atoms with van der Waals surface area (Å²) in [4.78, 5) is 8.49. The molecule has 0 spiro atoms. The van der Waals surface area contributed by atoms with Crippen molar-refractivity contribution < 1.29 is 5.11 Å². The zero-order valence-corrected chi connectivity index (χ0v) is 10.2. The van der Waals surface area contributed by atoms with E-state index in [1.165, 1.54) is 0 Å². The number of aliphatic hydroxyl groups excluding tert-OH is 1. The van der Waals surface area contributed by atoms with Crippen molar-refractivity contribution in [3.8, 4) is 11.3 Å². The summed E-state index contributed by atoms with van der Waals surface area (Å²) in [5.74, 6) is 0.531. The molecule has 0 saturated carbocycles. The second-order valence-corrected chi connectivity index (χ2v) is 4.16. The van der Waals surface area contributed by atoms with E-state index in [1.54, 1.807) is 23.1 Å². The van der Waals surface area contributed by atoms with E-state index >= 15 is 0 Å². The number of benzene rings is 1. The minimum atomic E-state index is 0.00845. The monoisotopic (exact) mass is 255 g/mol.